The van der Waals surface area contributed by atoms with Gasteiger partial charge in [0.2, 0.25) is 0 Å². The standard InChI is InChI=1S/C8H18O7/c1-9-7(10-2,11-3)15-8(12-4,13-5)14-6/h1-6H3. The number of rotatable bonds is 8. The zero-order chi connectivity index (χ0) is 11.9. The van der Waals surface area contributed by atoms with Crippen molar-refractivity contribution in [1.82, 2.24) is 0 Å². The highest BCUT2D eigenvalue weighted by molar-refractivity contribution is 4.43. The van der Waals surface area contributed by atoms with Crippen molar-refractivity contribution in [3.8, 4) is 0 Å². The number of hydrogen-bond acceptors (Lipinski definition) is 7. The van der Waals surface area contributed by atoms with E-state index in [1.165, 1.54) is 42.7 Å². The van der Waals surface area contributed by atoms with Crippen molar-refractivity contribution in [3.63, 3.8) is 0 Å². The van der Waals surface area contributed by atoms with Crippen LogP contribution in [0.4, 0.5) is 0 Å². The highest BCUT2D eigenvalue weighted by Crippen LogP contribution is 2.25. The van der Waals surface area contributed by atoms with Gasteiger partial charge in [0.1, 0.15) is 0 Å². The average Bonchev–Trinajstić information content (AvgIpc) is 2.33. The summed E-state index contributed by atoms with van der Waals surface area (Å²) in [6.45, 7) is 0. The van der Waals surface area contributed by atoms with E-state index in [1.54, 1.807) is 0 Å². The molecule has 0 amide bonds. The van der Waals surface area contributed by atoms with Crippen molar-refractivity contribution in [2.24, 2.45) is 0 Å². The predicted molar refractivity (Wildman–Crippen MR) is 48.6 cm³/mol. The molecule has 0 saturated carbocycles. The summed E-state index contributed by atoms with van der Waals surface area (Å²) in [7, 11) is 7.99. The smallest absolute Gasteiger partial charge is 0.306 e. The summed E-state index contributed by atoms with van der Waals surface area (Å²) in [5.74, 6) is 0. The van der Waals surface area contributed by atoms with E-state index in [1.807, 2.05) is 0 Å². The first-order chi connectivity index (χ1) is 7.07. The lowest BCUT2D eigenvalue weighted by molar-refractivity contribution is -0.604. The first-order valence-electron chi connectivity index (χ1n) is 4.08. The zero-order valence-electron chi connectivity index (χ0n) is 9.86. The molecule has 0 aromatic heterocycles. The molecule has 92 valence electrons. The summed E-state index contributed by atoms with van der Waals surface area (Å²) in [6, 6.07) is 0. The van der Waals surface area contributed by atoms with Gasteiger partial charge in [-0.2, -0.15) is 0 Å². The van der Waals surface area contributed by atoms with Gasteiger partial charge in [0.15, 0.2) is 0 Å². The fraction of sp³-hybridized carbons (Fsp3) is 1.00. The van der Waals surface area contributed by atoms with Crippen molar-refractivity contribution < 1.29 is 33.2 Å². The minimum absolute atomic E-state index is 1.33. The molecule has 7 heteroatoms. The van der Waals surface area contributed by atoms with Crippen LogP contribution in [0.2, 0.25) is 0 Å². The van der Waals surface area contributed by atoms with Gasteiger partial charge in [-0.3, -0.25) is 0 Å². The van der Waals surface area contributed by atoms with Gasteiger partial charge < -0.3 is 28.4 Å². The molecule has 0 fully saturated rings. The summed E-state index contributed by atoms with van der Waals surface area (Å²) < 4.78 is 34.5. The Morgan fingerprint density at radius 1 is 0.467 bits per heavy atom. The fourth-order valence-electron chi connectivity index (χ4n) is 0.903. The van der Waals surface area contributed by atoms with E-state index in [-0.39, 0.29) is 0 Å². The second kappa shape index (κ2) is 6.33. The highest BCUT2D eigenvalue weighted by atomic mass is 17.1. The van der Waals surface area contributed by atoms with Crippen molar-refractivity contribution in [3.05, 3.63) is 0 Å². The molecule has 0 aliphatic carbocycles. The van der Waals surface area contributed by atoms with Gasteiger partial charge >= 0.3 is 12.3 Å². The Hall–Kier alpha value is -0.280. The first-order valence-corrected chi connectivity index (χ1v) is 4.08. The van der Waals surface area contributed by atoms with Crippen LogP contribution in [0.3, 0.4) is 0 Å². The molecule has 0 rings (SSSR count). The molecule has 0 spiro atoms. The molecule has 0 aromatic carbocycles. The Labute approximate surface area is 89.1 Å². The van der Waals surface area contributed by atoms with Crippen LogP contribution in [0.15, 0.2) is 0 Å². The minimum atomic E-state index is -1.76. The molecule has 0 N–H and O–H groups in total. The van der Waals surface area contributed by atoms with Gasteiger partial charge in [0.05, 0.1) is 0 Å². The molecular weight excluding hydrogens is 208 g/mol. The normalized spacial score (nSPS) is 13.2. The Morgan fingerprint density at radius 3 is 0.800 bits per heavy atom. The summed E-state index contributed by atoms with van der Waals surface area (Å²) in [5.41, 5.74) is 0. The van der Waals surface area contributed by atoms with Gasteiger partial charge in [-0.05, 0) is 0 Å². The summed E-state index contributed by atoms with van der Waals surface area (Å²) in [6.07, 6.45) is -3.52. The van der Waals surface area contributed by atoms with Crippen molar-refractivity contribution in [2.75, 3.05) is 42.7 Å². The molecule has 7 nitrogen and oxygen atoms in total. The van der Waals surface area contributed by atoms with E-state index in [4.69, 9.17) is 33.2 Å². The van der Waals surface area contributed by atoms with E-state index in [2.05, 4.69) is 0 Å². The van der Waals surface area contributed by atoms with Crippen molar-refractivity contribution in [2.45, 2.75) is 12.3 Å². The largest absolute Gasteiger partial charge is 0.418 e. The number of hydrogen-bond donors (Lipinski definition) is 0. The molecule has 0 unspecified atom stereocenters. The Morgan fingerprint density at radius 2 is 0.667 bits per heavy atom. The van der Waals surface area contributed by atoms with Crippen LogP contribution < -0.4 is 0 Å². The minimum Gasteiger partial charge on any atom is -0.306 e. The van der Waals surface area contributed by atoms with E-state index >= 15 is 0 Å². The van der Waals surface area contributed by atoms with Crippen molar-refractivity contribution >= 4 is 0 Å². The van der Waals surface area contributed by atoms with Gasteiger partial charge in [-0.25, -0.2) is 4.74 Å². The van der Waals surface area contributed by atoms with E-state index < -0.39 is 12.3 Å². The second-order valence-corrected chi connectivity index (χ2v) is 2.33. The third kappa shape index (κ3) is 3.35. The summed E-state index contributed by atoms with van der Waals surface area (Å²) >= 11 is 0. The number of ether oxygens (including phenoxy) is 7. The third-order valence-corrected chi connectivity index (χ3v) is 1.75. The van der Waals surface area contributed by atoms with Crippen LogP contribution in [0, 0.1) is 0 Å². The maximum atomic E-state index is 5.19. The SMILES string of the molecule is COC(OC)(OC)OC(OC)(OC)OC. The van der Waals surface area contributed by atoms with Gasteiger partial charge in [-0.15, -0.1) is 0 Å². The summed E-state index contributed by atoms with van der Waals surface area (Å²) in [5, 5.41) is 0. The highest BCUT2D eigenvalue weighted by Gasteiger charge is 2.46. The third-order valence-electron chi connectivity index (χ3n) is 1.75. The maximum absolute atomic E-state index is 5.19. The quantitative estimate of drug-likeness (QED) is 0.544. The lowest BCUT2D eigenvalue weighted by Gasteiger charge is -2.35. The van der Waals surface area contributed by atoms with Crippen LogP contribution >= 0.6 is 0 Å². The van der Waals surface area contributed by atoms with Gasteiger partial charge in [-0.1, -0.05) is 0 Å². The lowest BCUT2D eigenvalue weighted by atomic mass is 10.9. The molecule has 0 atom stereocenters. The van der Waals surface area contributed by atoms with Crippen LogP contribution in [0.5, 0.6) is 0 Å². The molecule has 0 aliphatic heterocycles. The molecule has 15 heavy (non-hydrogen) atoms. The Balaban J connectivity index is 4.74. The first kappa shape index (κ1) is 14.7. The Bertz CT molecular complexity index is 130. The molecule has 0 heterocycles. The zero-order valence-corrected chi connectivity index (χ0v) is 9.86. The van der Waals surface area contributed by atoms with E-state index in [0.29, 0.717) is 0 Å². The molecular formula is C8H18O7. The predicted octanol–water partition coefficient (Wildman–Crippen LogP) is 0.104. The fourth-order valence-corrected chi connectivity index (χ4v) is 0.903. The van der Waals surface area contributed by atoms with Gasteiger partial charge in [0.25, 0.3) is 0 Å². The van der Waals surface area contributed by atoms with Crippen molar-refractivity contribution in [1.29, 1.82) is 0 Å². The topological polar surface area (TPSA) is 64.6 Å². The Kier molecular flexibility index (Phi) is 6.22. The second-order valence-electron chi connectivity index (χ2n) is 2.33. The van der Waals surface area contributed by atoms with E-state index in [9.17, 15) is 0 Å². The maximum Gasteiger partial charge on any atom is 0.418 e. The molecule has 0 aromatic rings. The molecule has 0 bridgehead atoms. The van der Waals surface area contributed by atoms with Crippen LogP contribution in [0.1, 0.15) is 0 Å². The molecule has 0 aliphatic rings. The molecule has 0 saturated heterocycles. The monoisotopic (exact) mass is 226 g/mol. The lowest BCUT2D eigenvalue weighted by Crippen LogP contribution is -2.51. The van der Waals surface area contributed by atoms with Crippen LogP contribution in [-0.2, 0) is 33.2 Å². The summed E-state index contributed by atoms with van der Waals surface area (Å²) in [4.78, 5) is 0. The molecule has 0 radical (unpaired) electrons. The van der Waals surface area contributed by atoms with E-state index in [0.717, 1.165) is 0 Å². The van der Waals surface area contributed by atoms with Gasteiger partial charge in [0, 0.05) is 42.7 Å². The van der Waals surface area contributed by atoms with Crippen LogP contribution in [-0.4, -0.2) is 55.0 Å². The van der Waals surface area contributed by atoms with Crippen LogP contribution in [0.25, 0.3) is 0 Å². The average molecular weight is 226 g/mol. The number of methoxy groups -OCH3 is 6.